The van der Waals surface area contributed by atoms with Gasteiger partial charge in [-0.15, -0.1) is 0 Å². The van der Waals surface area contributed by atoms with Gasteiger partial charge in [0.2, 0.25) is 0 Å². The first kappa shape index (κ1) is 20.3. The van der Waals surface area contributed by atoms with Crippen molar-refractivity contribution in [2.45, 2.75) is 71.3 Å². The molecule has 1 atom stereocenters. The Morgan fingerprint density at radius 1 is 1.31 bits per heavy atom. The molecule has 0 saturated heterocycles. The van der Waals surface area contributed by atoms with Crippen molar-refractivity contribution in [1.82, 2.24) is 0 Å². The summed E-state index contributed by atoms with van der Waals surface area (Å²) in [6, 6.07) is 0. The quantitative estimate of drug-likeness (QED) is 0.707. The second-order valence-electron chi connectivity index (χ2n) is 8.14. The average Bonchev–Trinajstić information content (AvgIpc) is 2.55. The van der Waals surface area contributed by atoms with Crippen LogP contribution in [0.3, 0.4) is 0 Å². The highest BCUT2D eigenvalue weighted by Crippen LogP contribution is 2.33. The van der Waals surface area contributed by atoms with Gasteiger partial charge in [-0.05, 0) is 76.9 Å². The molecule has 2 rings (SSSR count). The fourth-order valence-electron chi connectivity index (χ4n) is 3.40. The molecule has 144 valence electrons. The number of nitrogens with two attached hydrogens (primary N) is 1. The molecule has 0 aromatic heterocycles. The van der Waals surface area contributed by atoms with Crippen LogP contribution >= 0.6 is 0 Å². The van der Waals surface area contributed by atoms with E-state index in [2.05, 4.69) is 18.2 Å². The number of rotatable bonds is 5. The van der Waals surface area contributed by atoms with E-state index >= 15 is 0 Å². The van der Waals surface area contributed by atoms with Crippen molar-refractivity contribution in [3.8, 4) is 0 Å². The molecule has 0 saturated carbocycles. The highest BCUT2D eigenvalue weighted by molar-refractivity contribution is 5.69. The van der Waals surface area contributed by atoms with Crippen LogP contribution in [-0.2, 0) is 14.3 Å². The van der Waals surface area contributed by atoms with Gasteiger partial charge in [0.1, 0.15) is 11.4 Å². The van der Waals surface area contributed by atoms with Crippen LogP contribution in [0.2, 0.25) is 0 Å². The largest absolute Gasteiger partial charge is 0.496 e. The molecule has 0 heterocycles. The molecule has 0 aliphatic heterocycles. The molecule has 0 aromatic rings. The van der Waals surface area contributed by atoms with Gasteiger partial charge in [0, 0.05) is 17.7 Å². The van der Waals surface area contributed by atoms with Gasteiger partial charge in [0.05, 0.1) is 7.11 Å². The van der Waals surface area contributed by atoms with E-state index < -0.39 is 5.60 Å². The summed E-state index contributed by atoms with van der Waals surface area (Å²) in [6.07, 6.45) is 14.9. The van der Waals surface area contributed by atoms with Gasteiger partial charge in [-0.25, -0.2) is 0 Å². The summed E-state index contributed by atoms with van der Waals surface area (Å²) >= 11 is 0. The van der Waals surface area contributed by atoms with Crippen molar-refractivity contribution < 1.29 is 14.3 Å². The molecule has 0 bridgehead atoms. The molecule has 26 heavy (non-hydrogen) atoms. The minimum atomic E-state index is -0.403. The Balaban J connectivity index is 1.99. The van der Waals surface area contributed by atoms with Crippen LogP contribution in [0.25, 0.3) is 0 Å². The van der Waals surface area contributed by atoms with E-state index in [1.165, 1.54) is 5.57 Å². The fraction of sp³-hybridized carbons (Fsp3) is 0.591. The molecular weight excluding hydrogens is 326 g/mol. The van der Waals surface area contributed by atoms with Crippen LogP contribution in [0, 0.1) is 5.92 Å². The Morgan fingerprint density at radius 2 is 2.08 bits per heavy atom. The van der Waals surface area contributed by atoms with E-state index in [1.54, 1.807) is 7.11 Å². The van der Waals surface area contributed by atoms with Crippen LogP contribution in [0.4, 0.5) is 0 Å². The molecule has 4 nitrogen and oxygen atoms in total. The summed E-state index contributed by atoms with van der Waals surface area (Å²) in [5.41, 5.74) is 8.96. The second-order valence-corrected chi connectivity index (χ2v) is 8.14. The lowest BCUT2D eigenvalue weighted by atomic mass is 9.83. The standard InChI is InChI=1S/C22H33NO3/c1-22(2,3)26-21(24)14-11-16-9-12-17(13-10-16)19-8-6-5-7-18(23)15-20(19)25-4/h6,8,12,15-16H,5,7,9-11,13-14,23H2,1-4H3/b8-6-,18-15+,20-19-. The SMILES string of the molecule is COC1=C(C2=CCC(CCC(=O)OC(C)(C)C)CC2)/C=C\CC/C(N)=C\1. The van der Waals surface area contributed by atoms with E-state index in [0.717, 1.165) is 55.6 Å². The van der Waals surface area contributed by atoms with Crippen molar-refractivity contribution in [2.24, 2.45) is 11.7 Å². The maximum atomic E-state index is 11.9. The van der Waals surface area contributed by atoms with Crippen molar-refractivity contribution in [3.05, 3.63) is 46.9 Å². The first-order chi connectivity index (χ1) is 12.3. The van der Waals surface area contributed by atoms with Crippen molar-refractivity contribution >= 4 is 5.97 Å². The lowest BCUT2D eigenvalue weighted by molar-refractivity contribution is -0.155. The fourth-order valence-corrected chi connectivity index (χ4v) is 3.40. The molecule has 0 fully saturated rings. The molecule has 0 spiro atoms. The molecule has 2 N–H and O–H groups in total. The first-order valence-electron chi connectivity index (χ1n) is 9.60. The molecule has 0 radical (unpaired) electrons. The zero-order chi connectivity index (χ0) is 19.2. The maximum absolute atomic E-state index is 11.9. The molecule has 0 aromatic carbocycles. The summed E-state index contributed by atoms with van der Waals surface area (Å²) in [7, 11) is 1.70. The maximum Gasteiger partial charge on any atom is 0.306 e. The van der Waals surface area contributed by atoms with Crippen LogP contribution in [0.1, 0.15) is 65.7 Å². The predicted octanol–water partition coefficient (Wildman–Crippen LogP) is 4.93. The van der Waals surface area contributed by atoms with E-state index in [1.807, 2.05) is 26.8 Å². The van der Waals surface area contributed by atoms with E-state index in [-0.39, 0.29) is 5.97 Å². The number of carbonyl (C=O) groups is 1. The molecule has 4 heteroatoms. The lowest BCUT2D eigenvalue weighted by Gasteiger charge is -2.24. The molecule has 1 unspecified atom stereocenters. The lowest BCUT2D eigenvalue weighted by Crippen LogP contribution is -2.24. The summed E-state index contributed by atoms with van der Waals surface area (Å²) < 4.78 is 11.0. The number of esters is 1. The van der Waals surface area contributed by atoms with Gasteiger partial charge in [-0.1, -0.05) is 18.2 Å². The van der Waals surface area contributed by atoms with Crippen LogP contribution in [-0.4, -0.2) is 18.7 Å². The smallest absolute Gasteiger partial charge is 0.306 e. The number of ether oxygens (including phenoxy) is 2. The van der Waals surface area contributed by atoms with Crippen LogP contribution in [0.5, 0.6) is 0 Å². The minimum absolute atomic E-state index is 0.0970. The Morgan fingerprint density at radius 3 is 2.69 bits per heavy atom. The van der Waals surface area contributed by atoms with Gasteiger partial charge >= 0.3 is 5.97 Å². The molecular formula is C22H33NO3. The zero-order valence-electron chi connectivity index (χ0n) is 16.6. The third-order valence-corrected chi connectivity index (χ3v) is 4.73. The topological polar surface area (TPSA) is 61.5 Å². The van der Waals surface area contributed by atoms with E-state index in [9.17, 15) is 4.79 Å². The highest BCUT2D eigenvalue weighted by atomic mass is 16.6. The van der Waals surface area contributed by atoms with Crippen LogP contribution < -0.4 is 5.73 Å². The Kier molecular flexibility index (Phi) is 7.13. The van der Waals surface area contributed by atoms with Gasteiger partial charge in [-0.3, -0.25) is 4.79 Å². The summed E-state index contributed by atoms with van der Waals surface area (Å²) in [4.78, 5) is 11.9. The second kappa shape index (κ2) is 9.11. The normalized spacial score (nSPS) is 27.5. The number of methoxy groups -OCH3 is 1. The monoisotopic (exact) mass is 359 g/mol. The molecule has 2 aliphatic carbocycles. The van der Waals surface area contributed by atoms with E-state index in [0.29, 0.717) is 12.3 Å². The molecule has 2 aliphatic rings. The number of hydrogen-bond acceptors (Lipinski definition) is 4. The first-order valence-corrected chi connectivity index (χ1v) is 9.60. The minimum Gasteiger partial charge on any atom is -0.496 e. The summed E-state index contributed by atoms with van der Waals surface area (Å²) in [6.45, 7) is 5.72. The third kappa shape index (κ3) is 6.40. The third-order valence-electron chi connectivity index (χ3n) is 4.73. The van der Waals surface area contributed by atoms with Crippen molar-refractivity contribution in [3.63, 3.8) is 0 Å². The van der Waals surface area contributed by atoms with Crippen molar-refractivity contribution in [1.29, 1.82) is 0 Å². The van der Waals surface area contributed by atoms with Gasteiger partial charge in [0.25, 0.3) is 0 Å². The van der Waals surface area contributed by atoms with Gasteiger partial charge < -0.3 is 15.2 Å². The summed E-state index contributed by atoms with van der Waals surface area (Å²) in [5.74, 6) is 1.29. The highest BCUT2D eigenvalue weighted by Gasteiger charge is 2.21. The Labute approximate surface area is 157 Å². The summed E-state index contributed by atoms with van der Waals surface area (Å²) in [5, 5.41) is 0. The van der Waals surface area contributed by atoms with Crippen LogP contribution in [0.15, 0.2) is 46.9 Å². The van der Waals surface area contributed by atoms with Crippen molar-refractivity contribution in [2.75, 3.05) is 7.11 Å². The Hall–Kier alpha value is -1.97. The Bertz CT molecular complexity index is 632. The average molecular weight is 360 g/mol. The number of hydrogen-bond donors (Lipinski definition) is 1. The number of allylic oxidation sites excluding steroid dienone is 7. The molecule has 0 amide bonds. The number of carbonyl (C=O) groups excluding carboxylic acids is 1. The zero-order valence-corrected chi connectivity index (χ0v) is 16.6. The predicted molar refractivity (Wildman–Crippen MR) is 105 cm³/mol. The van der Waals surface area contributed by atoms with E-state index in [4.69, 9.17) is 15.2 Å². The van der Waals surface area contributed by atoms with Gasteiger partial charge in [-0.2, -0.15) is 0 Å². The van der Waals surface area contributed by atoms with Gasteiger partial charge in [0.15, 0.2) is 0 Å².